The third kappa shape index (κ3) is 9.03. The van der Waals surface area contributed by atoms with E-state index in [0.29, 0.717) is 6.54 Å². The first-order valence-electron chi connectivity index (χ1n) is 11.3. The molecule has 0 aliphatic carbocycles. The van der Waals surface area contributed by atoms with Crippen molar-refractivity contribution in [3.8, 4) is 5.75 Å². The molecule has 1 heterocycles. The predicted molar refractivity (Wildman–Crippen MR) is 122 cm³/mol. The van der Waals surface area contributed by atoms with Gasteiger partial charge in [-0.1, -0.05) is 44.9 Å². The van der Waals surface area contributed by atoms with Crippen LogP contribution in [-0.4, -0.2) is 45.4 Å². The molecule has 1 aromatic carbocycles. The van der Waals surface area contributed by atoms with Crippen molar-refractivity contribution in [3.63, 3.8) is 0 Å². The molecule has 0 spiro atoms. The van der Waals surface area contributed by atoms with E-state index in [0.717, 1.165) is 37.0 Å². The van der Waals surface area contributed by atoms with Crippen molar-refractivity contribution < 1.29 is 23.8 Å². The molecule has 9 heteroatoms. The number of nitrogens with zero attached hydrogens (tertiary/aromatic N) is 4. The molecule has 9 nitrogen and oxygen atoms in total. The first kappa shape index (κ1) is 26.0. The summed E-state index contributed by atoms with van der Waals surface area (Å²) in [5.74, 6) is -0.164. The molecule has 33 heavy (non-hydrogen) atoms. The Morgan fingerprint density at radius 2 is 1.82 bits per heavy atom. The largest absolute Gasteiger partial charge is 0.497 e. The fourth-order valence-electron chi connectivity index (χ4n) is 3.11. The van der Waals surface area contributed by atoms with Gasteiger partial charge in [-0.2, -0.15) is 4.80 Å². The highest BCUT2D eigenvalue weighted by atomic mass is 16.6. The van der Waals surface area contributed by atoms with Gasteiger partial charge in [0.05, 0.1) is 26.2 Å². The molecule has 1 unspecified atom stereocenters. The zero-order valence-corrected chi connectivity index (χ0v) is 20.0. The SMILES string of the molecule is C=C(CC(=O)O[C@@H](C)CCCCCC)C(=O)OC(C)c1nnn(Cc2ccc(OC)cc2)n1. The standard InChI is InChI=1S/C24H34N4O5/c1-6-7-8-9-10-18(3)32-22(29)15-17(2)24(30)33-19(4)23-25-27-28(26-23)16-20-11-13-21(31-5)14-12-20/h11-14,18-19H,2,6-10,15-16H2,1,3-5H3/t18-,19?/m0/s1. The van der Waals surface area contributed by atoms with Gasteiger partial charge < -0.3 is 14.2 Å². The van der Waals surface area contributed by atoms with E-state index < -0.39 is 18.0 Å². The van der Waals surface area contributed by atoms with E-state index >= 15 is 0 Å². The minimum absolute atomic E-state index is 0.0238. The zero-order chi connectivity index (χ0) is 24.2. The number of tetrazole rings is 1. The van der Waals surface area contributed by atoms with Crippen molar-refractivity contribution >= 4 is 11.9 Å². The number of rotatable bonds is 14. The third-order valence-electron chi connectivity index (χ3n) is 5.04. The van der Waals surface area contributed by atoms with E-state index in [9.17, 15) is 9.59 Å². The summed E-state index contributed by atoms with van der Waals surface area (Å²) in [5.41, 5.74) is 0.992. The molecule has 2 atom stereocenters. The Labute approximate surface area is 195 Å². The summed E-state index contributed by atoms with van der Waals surface area (Å²) < 4.78 is 15.9. The van der Waals surface area contributed by atoms with Crippen molar-refractivity contribution in [1.29, 1.82) is 0 Å². The second-order valence-corrected chi connectivity index (χ2v) is 8.00. The molecule has 0 radical (unpaired) electrons. The second-order valence-electron chi connectivity index (χ2n) is 8.00. The Morgan fingerprint density at radius 1 is 1.09 bits per heavy atom. The van der Waals surface area contributed by atoms with Crippen molar-refractivity contribution in [2.75, 3.05) is 7.11 Å². The highest BCUT2D eigenvalue weighted by molar-refractivity contribution is 5.93. The predicted octanol–water partition coefficient (Wildman–Crippen LogP) is 4.18. The average Bonchev–Trinajstić information content (AvgIpc) is 3.25. The summed E-state index contributed by atoms with van der Waals surface area (Å²) in [6.07, 6.45) is 4.10. The van der Waals surface area contributed by atoms with Gasteiger partial charge in [-0.3, -0.25) is 4.79 Å². The van der Waals surface area contributed by atoms with Crippen molar-refractivity contribution in [1.82, 2.24) is 20.2 Å². The summed E-state index contributed by atoms with van der Waals surface area (Å²) in [6, 6.07) is 7.50. The van der Waals surface area contributed by atoms with Crippen LogP contribution in [0.2, 0.25) is 0 Å². The number of aromatic nitrogens is 4. The van der Waals surface area contributed by atoms with Crippen LogP contribution in [0.1, 0.15) is 76.8 Å². The van der Waals surface area contributed by atoms with Crippen molar-refractivity contribution in [2.45, 2.75) is 78.0 Å². The maximum atomic E-state index is 12.3. The lowest BCUT2D eigenvalue weighted by molar-refractivity contribution is -0.151. The number of carbonyl (C=O) groups is 2. The van der Waals surface area contributed by atoms with Crippen LogP contribution in [0.15, 0.2) is 36.4 Å². The lowest BCUT2D eigenvalue weighted by Crippen LogP contribution is -2.19. The van der Waals surface area contributed by atoms with Gasteiger partial charge in [0.25, 0.3) is 0 Å². The van der Waals surface area contributed by atoms with Gasteiger partial charge in [-0.25, -0.2) is 4.79 Å². The minimum Gasteiger partial charge on any atom is -0.497 e. The van der Waals surface area contributed by atoms with Crippen LogP contribution in [0.25, 0.3) is 0 Å². The summed E-state index contributed by atoms with van der Waals surface area (Å²) >= 11 is 0. The van der Waals surface area contributed by atoms with E-state index in [1.165, 1.54) is 11.2 Å². The molecule has 0 fully saturated rings. The molecular formula is C24H34N4O5. The number of esters is 2. The van der Waals surface area contributed by atoms with E-state index in [2.05, 4.69) is 28.9 Å². The highest BCUT2D eigenvalue weighted by Gasteiger charge is 2.21. The highest BCUT2D eigenvalue weighted by Crippen LogP contribution is 2.16. The molecule has 0 aliphatic rings. The number of ether oxygens (including phenoxy) is 3. The van der Waals surface area contributed by atoms with Crippen LogP contribution in [0.5, 0.6) is 5.75 Å². The zero-order valence-electron chi connectivity index (χ0n) is 20.0. The van der Waals surface area contributed by atoms with E-state index in [1.807, 2.05) is 31.2 Å². The minimum atomic E-state index is -0.743. The first-order chi connectivity index (χ1) is 15.8. The molecule has 1 aromatic heterocycles. The van der Waals surface area contributed by atoms with Crippen molar-refractivity contribution in [3.05, 3.63) is 47.8 Å². The van der Waals surface area contributed by atoms with Crippen LogP contribution < -0.4 is 4.74 Å². The number of benzene rings is 1. The Hall–Kier alpha value is -3.23. The number of carbonyl (C=O) groups excluding carboxylic acids is 2. The quantitative estimate of drug-likeness (QED) is 0.236. The van der Waals surface area contributed by atoms with Gasteiger partial charge in [0.1, 0.15) is 5.75 Å². The number of unbranched alkanes of at least 4 members (excludes halogenated alkanes) is 3. The summed E-state index contributed by atoms with van der Waals surface area (Å²) in [7, 11) is 1.61. The fourth-order valence-corrected chi connectivity index (χ4v) is 3.11. The maximum absolute atomic E-state index is 12.3. The average molecular weight is 459 g/mol. The number of hydrogen-bond donors (Lipinski definition) is 0. The molecule has 2 aromatic rings. The van der Waals surface area contributed by atoms with Crippen LogP contribution in [0.4, 0.5) is 0 Å². The molecular weight excluding hydrogens is 424 g/mol. The Kier molecular flexibility index (Phi) is 10.5. The van der Waals surface area contributed by atoms with Gasteiger partial charge in [0.15, 0.2) is 6.10 Å². The molecule has 0 bridgehead atoms. The Balaban J connectivity index is 1.78. The lowest BCUT2D eigenvalue weighted by Gasteiger charge is -2.14. The van der Waals surface area contributed by atoms with Crippen LogP contribution in [0.3, 0.4) is 0 Å². The van der Waals surface area contributed by atoms with Gasteiger partial charge in [0.2, 0.25) is 5.82 Å². The fraction of sp³-hybridized carbons (Fsp3) is 0.542. The second kappa shape index (κ2) is 13.3. The summed E-state index contributed by atoms with van der Waals surface area (Å²) in [4.78, 5) is 25.8. The molecule has 0 amide bonds. The Bertz CT molecular complexity index is 910. The van der Waals surface area contributed by atoms with Crippen molar-refractivity contribution in [2.24, 2.45) is 0 Å². The topological polar surface area (TPSA) is 105 Å². The van der Waals surface area contributed by atoms with Crippen LogP contribution in [-0.2, 0) is 25.6 Å². The number of hydrogen-bond acceptors (Lipinski definition) is 8. The molecule has 0 saturated carbocycles. The smallest absolute Gasteiger partial charge is 0.334 e. The van der Waals surface area contributed by atoms with Gasteiger partial charge in [0, 0.05) is 5.57 Å². The van der Waals surface area contributed by atoms with E-state index in [4.69, 9.17) is 14.2 Å². The summed E-state index contributed by atoms with van der Waals surface area (Å²) in [5, 5.41) is 12.2. The molecule has 180 valence electrons. The maximum Gasteiger partial charge on any atom is 0.334 e. The van der Waals surface area contributed by atoms with Crippen LogP contribution >= 0.6 is 0 Å². The van der Waals surface area contributed by atoms with Gasteiger partial charge in [-0.05, 0) is 49.6 Å². The van der Waals surface area contributed by atoms with Gasteiger partial charge in [-0.15, -0.1) is 10.2 Å². The van der Waals surface area contributed by atoms with E-state index in [-0.39, 0.29) is 23.9 Å². The first-order valence-corrected chi connectivity index (χ1v) is 11.3. The summed E-state index contributed by atoms with van der Waals surface area (Å²) in [6.45, 7) is 9.71. The normalized spacial score (nSPS) is 12.6. The molecule has 0 aliphatic heterocycles. The van der Waals surface area contributed by atoms with Gasteiger partial charge >= 0.3 is 11.9 Å². The number of methoxy groups -OCH3 is 1. The van der Waals surface area contributed by atoms with Crippen LogP contribution in [0, 0.1) is 0 Å². The monoisotopic (exact) mass is 458 g/mol. The molecule has 2 rings (SSSR count). The third-order valence-corrected chi connectivity index (χ3v) is 5.04. The Morgan fingerprint density at radius 3 is 2.48 bits per heavy atom. The van der Waals surface area contributed by atoms with E-state index in [1.54, 1.807) is 14.0 Å². The lowest BCUT2D eigenvalue weighted by atomic mass is 10.1. The molecule has 0 saturated heterocycles. The molecule has 0 N–H and O–H groups in total.